The van der Waals surface area contributed by atoms with Crippen LogP contribution >= 0.6 is 0 Å². The van der Waals surface area contributed by atoms with Crippen molar-refractivity contribution in [1.29, 1.82) is 0 Å². The van der Waals surface area contributed by atoms with Crippen molar-refractivity contribution in [3.63, 3.8) is 0 Å². The summed E-state index contributed by atoms with van der Waals surface area (Å²) in [6.45, 7) is 0. The highest BCUT2D eigenvalue weighted by atomic mass is 19.4. The monoisotopic (exact) mass is 254 g/mol. The number of aromatic hydroxyl groups is 1. The minimum absolute atomic E-state index is 0.492. The van der Waals surface area contributed by atoms with E-state index in [-0.39, 0.29) is 0 Å². The van der Waals surface area contributed by atoms with Crippen LogP contribution in [0.25, 0.3) is 0 Å². The molecule has 0 fully saturated rings. The zero-order valence-corrected chi connectivity index (χ0v) is 8.19. The molecule has 1 rings (SSSR count). The molecule has 0 spiro atoms. The molecule has 1 heterocycles. The molecule has 0 saturated carbocycles. The van der Waals surface area contributed by atoms with E-state index in [0.29, 0.717) is 6.07 Å². The van der Waals surface area contributed by atoms with Crippen LogP contribution in [0.15, 0.2) is 6.07 Å². The van der Waals surface area contributed by atoms with Gasteiger partial charge in [0.2, 0.25) is 5.88 Å². The van der Waals surface area contributed by atoms with Gasteiger partial charge in [0.1, 0.15) is 0 Å². The molecule has 7 nitrogen and oxygen atoms in total. The average molecular weight is 254 g/mol. The largest absolute Gasteiger partial charge is 0.574 e. The van der Waals surface area contributed by atoms with Gasteiger partial charge in [0.15, 0.2) is 0 Å². The SMILES string of the molecule is COc1cc([N+](=O)[O-])c(O)c(OC(F)(F)F)n1. The van der Waals surface area contributed by atoms with Crippen molar-refractivity contribution in [3.8, 4) is 17.5 Å². The molecule has 0 aliphatic carbocycles. The molecule has 1 aromatic heterocycles. The van der Waals surface area contributed by atoms with Crippen LogP contribution in [0.5, 0.6) is 17.5 Å². The third-order valence-corrected chi connectivity index (χ3v) is 1.54. The fourth-order valence-electron chi connectivity index (χ4n) is 0.905. The minimum Gasteiger partial charge on any atom is -0.498 e. The highest BCUT2D eigenvalue weighted by Gasteiger charge is 2.35. The first-order chi connectivity index (χ1) is 7.74. The van der Waals surface area contributed by atoms with E-state index in [1.165, 1.54) is 0 Å². The molecular weight excluding hydrogens is 249 g/mol. The second-order valence-corrected chi connectivity index (χ2v) is 2.64. The Labute approximate surface area is 91.6 Å². The lowest BCUT2D eigenvalue weighted by Gasteiger charge is -2.10. The van der Waals surface area contributed by atoms with E-state index in [0.717, 1.165) is 7.11 Å². The van der Waals surface area contributed by atoms with Gasteiger partial charge in [-0.2, -0.15) is 4.98 Å². The highest BCUT2D eigenvalue weighted by molar-refractivity contribution is 5.53. The smallest absolute Gasteiger partial charge is 0.498 e. The van der Waals surface area contributed by atoms with Gasteiger partial charge in [-0.3, -0.25) is 10.1 Å². The highest BCUT2D eigenvalue weighted by Crippen LogP contribution is 2.39. The summed E-state index contributed by atoms with van der Waals surface area (Å²) in [6.07, 6.45) is -5.13. The van der Waals surface area contributed by atoms with Crippen molar-refractivity contribution in [3.05, 3.63) is 16.2 Å². The second-order valence-electron chi connectivity index (χ2n) is 2.64. The van der Waals surface area contributed by atoms with Crippen LogP contribution in [0.1, 0.15) is 0 Å². The fraction of sp³-hybridized carbons (Fsp3) is 0.286. The molecule has 0 amide bonds. The summed E-state index contributed by atoms with van der Waals surface area (Å²) in [5, 5.41) is 19.6. The molecule has 0 bridgehead atoms. The Hall–Kier alpha value is -2.26. The van der Waals surface area contributed by atoms with E-state index < -0.39 is 34.5 Å². The standard InChI is InChI=1S/C7H5F3N2O5/c1-16-4-2-3(12(14)15)5(13)6(11-4)17-7(8,9)10/h2,13H,1H3. The van der Waals surface area contributed by atoms with Gasteiger partial charge >= 0.3 is 12.0 Å². The maximum atomic E-state index is 11.9. The lowest BCUT2D eigenvalue weighted by molar-refractivity contribution is -0.386. The van der Waals surface area contributed by atoms with Crippen LogP contribution in [0.3, 0.4) is 0 Å². The number of nitro groups is 1. The summed E-state index contributed by atoms with van der Waals surface area (Å²) >= 11 is 0. The summed E-state index contributed by atoms with van der Waals surface area (Å²) in [5.74, 6) is -3.16. The Bertz CT molecular complexity index is 448. The fourth-order valence-corrected chi connectivity index (χ4v) is 0.905. The number of rotatable bonds is 3. The van der Waals surface area contributed by atoms with E-state index in [2.05, 4.69) is 14.5 Å². The second kappa shape index (κ2) is 4.31. The zero-order valence-electron chi connectivity index (χ0n) is 8.19. The third-order valence-electron chi connectivity index (χ3n) is 1.54. The number of alkyl halides is 3. The van der Waals surface area contributed by atoms with Gasteiger partial charge in [-0.25, -0.2) is 0 Å². The molecule has 10 heteroatoms. The molecule has 0 aliphatic heterocycles. The van der Waals surface area contributed by atoms with Crippen LogP contribution in [0.2, 0.25) is 0 Å². The normalized spacial score (nSPS) is 11.1. The van der Waals surface area contributed by atoms with E-state index in [9.17, 15) is 23.3 Å². The molecule has 0 aliphatic rings. The molecule has 0 saturated heterocycles. The van der Waals surface area contributed by atoms with E-state index in [1.807, 2.05) is 0 Å². The van der Waals surface area contributed by atoms with Crippen LogP contribution in [-0.4, -0.2) is 28.5 Å². The Morgan fingerprint density at radius 2 is 2.12 bits per heavy atom. The maximum absolute atomic E-state index is 11.9. The van der Waals surface area contributed by atoms with Gasteiger partial charge in [0, 0.05) is 0 Å². The van der Waals surface area contributed by atoms with Crippen LogP contribution in [0, 0.1) is 10.1 Å². The summed E-state index contributed by atoms with van der Waals surface area (Å²) in [6, 6.07) is 0.665. The molecule has 0 unspecified atom stereocenters. The van der Waals surface area contributed by atoms with Gasteiger partial charge in [-0.1, -0.05) is 0 Å². The number of halogens is 3. The number of methoxy groups -OCH3 is 1. The van der Waals surface area contributed by atoms with Crippen LogP contribution in [0.4, 0.5) is 18.9 Å². The summed E-state index contributed by atoms with van der Waals surface area (Å²) < 4.78 is 43.5. The van der Waals surface area contributed by atoms with Gasteiger partial charge in [0.25, 0.3) is 11.6 Å². The van der Waals surface area contributed by atoms with Crippen LogP contribution < -0.4 is 9.47 Å². The number of pyridine rings is 1. The number of ether oxygens (including phenoxy) is 2. The summed E-state index contributed by atoms with van der Waals surface area (Å²) in [7, 11) is 1.04. The summed E-state index contributed by atoms with van der Waals surface area (Å²) in [4.78, 5) is 12.4. The van der Waals surface area contributed by atoms with Gasteiger partial charge in [-0.05, 0) is 0 Å². The Morgan fingerprint density at radius 3 is 2.53 bits per heavy atom. The Morgan fingerprint density at radius 1 is 1.53 bits per heavy atom. The minimum atomic E-state index is -5.13. The van der Waals surface area contributed by atoms with Gasteiger partial charge in [-0.15, -0.1) is 13.2 Å². The molecule has 17 heavy (non-hydrogen) atoms. The van der Waals surface area contributed by atoms with Crippen molar-refractivity contribution >= 4 is 5.69 Å². The predicted molar refractivity (Wildman–Crippen MR) is 45.8 cm³/mol. The zero-order chi connectivity index (χ0) is 13.2. The number of aromatic nitrogens is 1. The first-order valence-electron chi connectivity index (χ1n) is 3.92. The molecular formula is C7H5F3N2O5. The molecule has 1 aromatic rings. The van der Waals surface area contributed by atoms with Crippen molar-refractivity contribution in [2.24, 2.45) is 0 Å². The lowest BCUT2D eigenvalue weighted by atomic mass is 10.3. The van der Waals surface area contributed by atoms with Crippen molar-refractivity contribution < 1.29 is 32.7 Å². The number of hydrogen-bond donors (Lipinski definition) is 1. The van der Waals surface area contributed by atoms with Crippen molar-refractivity contribution in [1.82, 2.24) is 4.98 Å². The first-order valence-corrected chi connectivity index (χ1v) is 3.92. The van der Waals surface area contributed by atoms with E-state index >= 15 is 0 Å². The molecule has 0 aromatic carbocycles. The summed E-state index contributed by atoms with van der Waals surface area (Å²) in [5.41, 5.74) is -1.00. The molecule has 1 N–H and O–H groups in total. The molecule has 94 valence electrons. The Kier molecular flexibility index (Phi) is 3.25. The van der Waals surface area contributed by atoms with Crippen molar-refractivity contribution in [2.75, 3.05) is 7.11 Å². The quantitative estimate of drug-likeness (QED) is 0.650. The Balaban J connectivity index is 3.29. The third kappa shape index (κ3) is 3.09. The van der Waals surface area contributed by atoms with Gasteiger partial charge in [0.05, 0.1) is 18.1 Å². The number of hydrogen-bond acceptors (Lipinski definition) is 6. The van der Waals surface area contributed by atoms with Gasteiger partial charge < -0.3 is 14.6 Å². The predicted octanol–water partition coefficient (Wildman–Crippen LogP) is 1.60. The first kappa shape index (κ1) is 12.8. The lowest BCUT2D eigenvalue weighted by Crippen LogP contribution is -2.18. The maximum Gasteiger partial charge on any atom is 0.574 e. The van der Waals surface area contributed by atoms with Crippen molar-refractivity contribution in [2.45, 2.75) is 6.36 Å². The van der Waals surface area contributed by atoms with E-state index in [4.69, 9.17) is 5.11 Å². The van der Waals surface area contributed by atoms with Crippen LogP contribution in [-0.2, 0) is 0 Å². The average Bonchev–Trinajstić information content (AvgIpc) is 2.18. The van der Waals surface area contributed by atoms with E-state index in [1.54, 1.807) is 0 Å². The topological polar surface area (TPSA) is 94.7 Å². The molecule has 0 radical (unpaired) electrons. The molecule has 0 atom stereocenters. The number of nitrogens with zero attached hydrogens (tertiary/aromatic N) is 2.